The van der Waals surface area contributed by atoms with E-state index in [0.717, 1.165) is 55.5 Å². The molecule has 2 heteroatoms. The van der Waals surface area contributed by atoms with Gasteiger partial charge in [-0.05, 0) is 75.7 Å². The average molecular weight is 614 g/mol. The quantitative estimate of drug-likeness (QED) is 0.185. The summed E-state index contributed by atoms with van der Waals surface area (Å²) >= 11 is 0. The molecule has 0 N–H and O–H groups in total. The molecule has 0 spiro atoms. The third-order valence-corrected chi connectivity index (χ3v) is 9.27. The van der Waals surface area contributed by atoms with Crippen molar-refractivity contribution in [2.45, 2.75) is 0 Å². The lowest BCUT2D eigenvalue weighted by Gasteiger charge is -2.28. The Hall–Kier alpha value is -6.38. The van der Waals surface area contributed by atoms with Crippen LogP contribution in [0.5, 0.6) is 0 Å². The first kappa shape index (κ1) is 27.9. The Labute approximate surface area is 279 Å². The highest BCUT2D eigenvalue weighted by Crippen LogP contribution is 2.46. The second-order valence-electron chi connectivity index (χ2n) is 12.1. The summed E-state index contributed by atoms with van der Waals surface area (Å²) in [6.07, 6.45) is 0. The van der Waals surface area contributed by atoms with Crippen LogP contribution in [-0.2, 0) is 0 Å². The molecule has 0 aliphatic heterocycles. The molecule has 8 aromatic carbocycles. The molecule has 0 saturated heterocycles. The van der Waals surface area contributed by atoms with Gasteiger partial charge in [-0.1, -0.05) is 146 Å². The van der Waals surface area contributed by atoms with Crippen LogP contribution in [0.25, 0.3) is 66.1 Å². The third kappa shape index (κ3) is 4.83. The topological polar surface area (TPSA) is 16.4 Å². The van der Waals surface area contributed by atoms with Crippen molar-refractivity contribution in [3.63, 3.8) is 0 Å². The van der Waals surface area contributed by atoms with E-state index in [1.807, 2.05) is 0 Å². The van der Waals surface area contributed by atoms with E-state index in [-0.39, 0.29) is 0 Å². The number of hydrogen-bond donors (Lipinski definition) is 0. The SMILES string of the molecule is c1ccc(-c2ccc(N(c3cccc(-c4ccccc4)c3)c3ccccc3-c3cccc4oc5c6ccccc6ccc5c34)cc2)cc1. The Morgan fingerprint density at radius 3 is 1.81 bits per heavy atom. The molecule has 0 fully saturated rings. The highest BCUT2D eigenvalue weighted by molar-refractivity contribution is 6.19. The summed E-state index contributed by atoms with van der Waals surface area (Å²) in [6, 6.07) is 66.8. The Kier molecular flexibility index (Phi) is 6.84. The van der Waals surface area contributed by atoms with Gasteiger partial charge in [-0.15, -0.1) is 0 Å². The zero-order valence-corrected chi connectivity index (χ0v) is 26.3. The van der Waals surface area contributed by atoms with Crippen LogP contribution in [0.2, 0.25) is 0 Å². The van der Waals surface area contributed by atoms with Crippen molar-refractivity contribution in [1.29, 1.82) is 0 Å². The van der Waals surface area contributed by atoms with Gasteiger partial charge < -0.3 is 9.32 Å². The summed E-state index contributed by atoms with van der Waals surface area (Å²) in [4.78, 5) is 2.38. The molecule has 0 aliphatic carbocycles. The number of para-hydroxylation sites is 1. The van der Waals surface area contributed by atoms with E-state index >= 15 is 0 Å². The van der Waals surface area contributed by atoms with Crippen LogP contribution in [0.15, 0.2) is 192 Å². The lowest BCUT2D eigenvalue weighted by atomic mass is 9.96. The number of fused-ring (bicyclic) bond motifs is 5. The Morgan fingerprint density at radius 1 is 0.375 bits per heavy atom. The van der Waals surface area contributed by atoms with E-state index in [4.69, 9.17) is 4.42 Å². The van der Waals surface area contributed by atoms with Gasteiger partial charge in [-0.2, -0.15) is 0 Å². The van der Waals surface area contributed by atoms with Gasteiger partial charge >= 0.3 is 0 Å². The Bertz CT molecular complexity index is 2550. The van der Waals surface area contributed by atoms with E-state index in [1.54, 1.807) is 0 Å². The average Bonchev–Trinajstić information content (AvgIpc) is 3.56. The zero-order chi connectivity index (χ0) is 31.9. The zero-order valence-electron chi connectivity index (χ0n) is 26.3. The van der Waals surface area contributed by atoms with Crippen molar-refractivity contribution in [2.75, 3.05) is 4.90 Å². The van der Waals surface area contributed by atoms with E-state index < -0.39 is 0 Å². The molecule has 0 unspecified atom stereocenters. The molecular weight excluding hydrogens is 583 g/mol. The van der Waals surface area contributed by atoms with Gasteiger partial charge in [0.1, 0.15) is 11.2 Å². The van der Waals surface area contributed by atoms with E-state index in [2.05, 4.69) is 193 Å². The Balaban J connectivity index is 1.26. The summed E-state index contributed by atoms with van der Waals surface area (Å²) < 4.78 is 6.60. The maximum Gasteiger partial charge on any atom is 0.143 e. The molecule has 0 saturated carbocycles. The molecule has 48 heavy (non-hydrogen) atoms. The molecule has 0 radical (unpaired) electrons. The number of furan rings is 1. The van der Waals surface area contributed by atoms with Crippen LogP contribution in [-0.4, -0.2) is 0 Å². The fraction of sp³-hybridized carbons (Fsp3) is 0. The maximum atomic E-state index is 6.60. The first-order valence-corrected chi connectivity index (χ1v) is 16.4. The molecule has 1 heterocycles. The van der Waals surface area contributed by atoms with Crippen molar-refractivity contribution in [1.82, 2.24) is 0 Å². The normalized spacial score (nSPS) is 11.3. The smallest absolute Gasteiger partial charge is 0.143 e. The van der Waals surface area contributed by atoms with Crippen molar-refractivity contribution >= 4 is 49.8 Å². The van der Waals surface area contributed by atoms with E-state index in [9.17, 15) is 0 Å². The highest BCUT2D eigenvalue weighted by Gasteiger charge is 2.21. The minimum atomic E-state index is 0.887. The standard InChI is InChI=1S/C46H31NO/c1-3-13-32(14-4-1)34-25-28-37(29-26-34)47(38-19-11-18-36(31-38)33-15-5-2-6-16-33)43-23-10-9-21-40(43)41-22-12-24-44-45(41)42-30-27-35-17-7-8-20-39(35)46(42)48-44/h1-31H. The first-order chi connectivity index (χ1) is 23.8. The van der Waals surface area contributed by atoms with Gasteiger partial charge in [0, 0.05) is 33.1 Å². The number of hydrogen-bond acceptors (Lipinski definition) is 2. The van der Waals surface area contributed by atoms with E-state index in [0.29, 0.717) is 0 Å². The second kappa shape index (κ2) is 11.8. The van der Waals surface area contributed by atoms with Crippen molar-refractivity contribution in [3.8, 4) is 33.4 Å². The van der Waals surface area contributed by atoms with Gasteiger partial charge in [0.05, 0.1) is 5.69 Å². The molecule has 226 valence electrons. The third-order valence-electron chi connectivity index (χ3n) is 9.27. The molecule has 9 aromatic rings. The van der Waals surface area contributed by atoms with Gasteiger partial charge in [0.2, 0.25) is 0 Å². The molecule has 9 rings (SSSR count). The predicted octanol–water partition coefficient (Wildman–Crippen LogP) is 13.2. The van der Waals surface area contributed by atoms with Gasteiger partial charge in [0.15, 0.2) is 0 Å². The first-order valence-electron chi connectivity index (χ1n) is 16.4. The molecule has 0 amide bonds. The molecular formula is C46H31NO. The van der Waals surface area contributed by atoms with Crippen LogP contribution >= 0.6 is 0 Å². The van der Waals surface area contributed by atoms with Gasteiger partial charge in [-0.25, -0.2) is 0 Å². The van der Waals surface area contributed by atoms with Crippen LogP contribution in [0.1, 0.15) is 0 Å². The van der Waals surface area contributed by atoms with Crippen LogP contribution in [0.3, 0.4) is 0 Å². The summed E-state index contributed by atoms with van der Waals surface area (Å²) in [5.74, 6) is 0. The highest BCUT2D eigenvalue weighted by atomic mass is 16.3. The van der Waals surface area contributed by atoms with Gasteiger partial charge in [0.25, 0.3) is 0 Å². The summed E-state index contributed by atoms with van der Waals surface area (Å²) in [5, 5.41) is 4.56. The number of benzene rings is 8. The van der Waals surface area contributed by atoms with Crippen LogP contribution in [0, 0.1) is 0 Å². The molecule has 0 aliphatic rings. The molecule has 0 bridgehead atoms. The van der Waals surface area contributed by atoms with Crippen molar-refractivity contribution in [2.24, 2.45) is 0 Å². The second-order valence-corrected chi connectivity index (χ2v) is 12.1. The number of nitrogens with zero attached hydrogens (tertiary/aromatic N) is 1. The van der Waals surface area contributed by atoms with Crippen LogP contribution < -0.4 is 4.90 Å². The van der Waals surface area contributed by atoms with Crippen molar-refractivity contribution in [3.05, 3.63) is 188 Å². The number of rotatable bonds is 6. The lowest BCUT2D eigenvalue weighted by Crippen LogP contribution is -2.11. The molecule has 0 atom stereocenters. The Morgan fingerprint density at radius 2 is 1.00 bits per heavy atom. The fourth-order valence-corrected chi connectivity index (χ4v) is 6.99. The minimum absolute atomic E-state index is 0.887. The van der Waals surface area contributed by atoms with E-state index in [1.165, 1.54) is 27.6 Å². The van der Waals surface area contributed by atoms with Gasteiger partial charge in [-0.3, -0.25) is 0 Å². The fourth-order valence-electron chi connectivity index (χ4n) is 6.99. The minimum Gasteiger partial charge on any atom is -0.455 e. The summed E-state index contributed by atoms with van der Waals surface area (Å²) in [5.41, 5.74) is 12.1. The monoisotopic (exact) mass is 613 g/mol. The largest absolute Gasteiger partial charge is 0.455 e. The molecule has 2 nitrogen and oxygen atoms in total. The lowest BCUT2D eigenvalue weighted by molar-refractivity contribution is 0.673. The van der Waals surface area contributed by atoms with Crippen LogP contribution in [0.4, 0.5) is 17.1 Å². The maximum absolute atomic E-state index is 6.60. The summed E-state index contributed by atoms with van der Waals surface area (Å²) in [6.45, 7) is 0. The predicted molar refractivity (Wildman–Crippen MR) is 202 cm³/mol. The summed E-state index contributed by atoms with van der Waals surface area (Å²) in [7, 11) is 0. The molecule has 1 aromatic heterocycles. The number of anilines is 3. The van der Waals surface area contributed by atoms with Crippen molar-refractivity contribution < 1.29 is 4.42 Å².